The van der Waals surface area contributed by atoms with Gasteiger partial charge in [0.2, 0.25) is 5.91 Å². The van der Waals surface area contributed by atoms with E-state index in [0.717, 1.165) is 0 Å². The lowest BCUT2D eigenvalue weighted by Gasteiger charge is -2.13. The summed E-state index contributed by atoms with van der Waals surface area (Å²) in [7, 11) is 3.03. The van der Waals surface area contributed by atoms with Crippen molar-refractivity contribution in [1.82, 2.24) is 14.8 Å². The molecule has 150 valence electrons. The summed E-state index contributed by atoms with van der Waals surface area (Å²) in [5.41, 5.74) is 1.56. The Balaban J connectivity index is 1.65. The number of benzene rings is 2. The van der Waals surface area contributed by atoms with Crippen molar-refractivity contribution in [1.29, 1.82) is 0 Å². The first-order chi connectivity index (χ1) is 14.0. The van der Waals surface area contributed by atoms with Gasteiger partial charge >= 0.3 is 0 Å². The zero-order chi connectivity index (χ0) is 20.8. The topological polar surface area (TPSA) is 107 Å². The third-order valence-corrected chi connectivity index (χ3v) is 4.28. The predicted octanol–water partition coefficient (Wildman–Crippen LogP) is 2.75. The van der Waals surface area contributed by atoms with E-state index in [0.29, 0.717) is 28.4 Å². The van der Waals surface area contributed by atoms with Crippen LogP contribution in [0.2, 0.25) is 0 Å². The van der Waals surface area contributed by atoms with Crippen LogP contribution in [0.4, 0.5) is 11.4 Å². The summed E-state index contributed by atoms with van der Waals surface area (Å²) >= 11 is 0. The fourth-order valence-corrected chi connectivity index (χ4v) is 2.61. The van der Waals surface area contributed by atoms with Crippen LogP contribution in [0.25, 0.3) is 0 Å². The lowest BCUT2D eigenvalue weighted by molar-refractivity contribution is -0.119. The molecule has 0 bridgehead atoms. The second-order valence-corrected chi connectivity index (χ2v) is 6.14. The summed E-state index contributed by atoms with van der Waals surface area (Å²) < 4.78 is 11.9. The minimum absolute atomic E-state index is 0.227. The van der Waals surface area contributed by atoms with Crippen molar-refractivity contribution in [2.45, 2.75) is 13.0 Å². The summed E-state index contributed by atoms with van der Waals surface area (Å²) in [6.07, 6.45) is 2.86. The Morgan fingerprint density at radius 3 is 2.28 bits per heavy atom. The van der Waals surface area contributed by atoms with E-state index in [-0.39, 0.29) is 11.8 Å². The standard InChI is InChI=1S/C20H21N5O4/c1-13(25-12-21-11-22-25)19(26)23-14-4-6-15(7-5-14)24-20(27)17-9-8-16(28-2)10-18(17)29-3/h4-13H,1-3H3,(H,23,26)(H,24,27). The number of ether oxygens (including phenoxy) is 2. The molecule has 9 nitrogen and oxygen atoms in total. The van der Waals surface area contributed by atoms with Gasteiger partial charge < -0.3 is 20.1 Å². The molecule has 3 aromatic rings. The molecule has 1 unspecified atom stereocenters. The van der Waals surface area contributed by atoms with Crippen molar-refractivity contribution in [2.75, 3.05) is 24.9 Å². The van der Waals surface area contributed by atoms with Crippen molar-refractivity contribution < 1.29 is 19.1 Å². The molecule has 2 aromatic carbocycles. The smallest absolute Gasteiger partial charge is 0.259 e. The molecular formula is C20H21N5O4. The Labute approximate surface area is 167 Å². The number of aromatic nitrogens is 3. The van der Waals surface area contributed by atoms with Crippen LogP contribution in [-0.2, 0) is 4.79 Å². The van der Waals surface area contributed by atoms with Crippen molar-refractivity contribution in [3.05, 3.63) is 60.7 Å². The van der Waals surface area contributed by atoms with Gasteiger partial charge in [0.1, 0.15) is 30.2 Å². The molecule has 9 heteroatoms. The summed E-state index contributed by atoms with van der Waals surface area (Å²) in [6.45, 7) is 1.72. The Bertz CT molecular complexity index is 987. The molecule has 1 heterocycles. The number of hydrogen-bond acceptors (Lipinski definition) is 6. The van der Waals surface area contributed by atoms with Gasteiger partial charge in [0.25, 0.3) is 5.91 Å². The van der Waals surface area contributed by atoms with Gasteiger partial charge in [-0.1, -0.05) is 0 Å². The first-order valence-corrected chi connectivity index (χ1v) is 8.80. The van der Waals surface area contributed by atoms with Gasteiger partial charge in [-0.05, 0) is 43.3 Å². The SMILES string of the molecule is COc1ccc(C(=O)Nc2ccc(NC(=O)C(C)n3cncn3)cc2)c(OC)c1. The number of rotatable bonds is 7. The van der Waals surface area contributed by atoms with E-state index in [9.17, 15) is 9.59 Å². The lowest BCUT2D eigenvalue weighted by Crippen LogP contribution is -2.24. The minimum Gasteiger partial charge on any atom is -0.497 e. The summed E-state index contributed by atoms with van der Waals surface area (Å²) in [4.78, 5) is 28.7. The second-order valence-electron chi connectivity index (χ2n) is 6.14. The number of carbonyl (C=O) groups excluding carboxylic acids is 2. The Kier molecular flexibility index (Phi) is 6.08. The zero-order valence-corrected chi connectivity index (χ0v) is 16.2. The number of hydrogen-bond donors (Lipinski definition) is 2. The molecule has 2 amide bonds. The number of amides is 2. The van der Waals surface area contributed by atoms with E-state index in [1.807, 2.05) is 0 Å². The summed E-state index contributed by atoms with van der Waals surface area (Å²) in [5.74, 6) is 0.461. The van der Waals surface area contributed by atoms with Crippen LogP contribution in [0, 0.1) is 0 Å². The fraction of sp³-hybridized carbons (Fsp3) is 0.200. The zero-order valence-electron chi connectivity index (χ0n) is 16.2. The molecule has 2 N–H and O–H groups in total. The lowest BCUT2D eigenvalue weighted by atomic mass is 10.1. The maximum Gasteiger partial charge on any atom is 0.259 e. The van der Waals surface area contributed by atoms with Crippen molar-refractivity contribution in [3.63, 3.8) is 0 Å². The van der Waals surface area contributed by atoms with Gasteiger partial charge in [-0.3, -0.25) is 9.59 Å². The van der Waals surface area contributed by atoms with Crippen LogP contribution in [0.5, 0.6) is 11.5 Å². The van der Waals surface area contributed by atoms with Crippen LogP contribution in [-0.4, -0.2) is 40.8 Å². The Morgan fingerprint density at radius 1 is 1.00 bits per heavy atom. The van der Waals surface area contributed by atoms with E-state index >= 15 is 0 Å². The van der Waals surface area contributed by atoms with E-state index in [1.165, 1.54) is 24.4 Å². The fourth-order valence-electron chi connectivity index (χ4n) is 2.61. The normalized spacial score (nSPS) is 11.4. The van der Waals surface area contributed by atoms with E-state index < -0.39 is 6.04 Å². The molecule has 3 rings (SSSR count). The third-order valence-electron chi connectivity index (χ3n) is 4.28. The maximum absolute atomic E-state index is 12.6. The molecule has 1 atom stereocenters. The summed E-state index contributed by atoms with van der Waals surface area (Å²) in [5, 5.41) is 9.56. The van der Waals surface area contributed by atoms with Crippen LogP contribution in [0.3, 0.4) is 0 Å². The van der Waals surface area contributed by atoms with Crippen LogP contribution < -0.4 is 20.1 Å². The first kappa shape index (κ1) is 19.9. The molecule has 1 aromatic heterocycles. The molecular weight excluding hydrogens is 374 g/mol. The highest BCUT2D eigenvalue weighted by Crippen LogP contribution is 2.25. The molecule has 0 aliphatic carbocycles. The Morgan fingerprint density at radius 2 is 1.69 bits per heavy atom. The highest BCUT2D eigenvalue weighted by molar-refractivity contribution is 6.06. The number of methoxy groups -OCH3 is 2. The average molecular weight is 395 g/mol. The van der Waals surface area contributed by atoms with Gasteiger partial charge in [0.15, 0.2) is 0 Å². The highest BCUT2D eigenvalue weighted by atomic mass is 16.5. The van der Waals surface area contributed by atoms with Crippen molar-refractivity contribution >= 4 is 23.2 Å². The number of nitrogens with one attached hydrogen (secondary N) is 2. The monoisotopic (exact) mass is 395 g/mol. The predicted molar refractivity (Wildman–Crippen MR) is 107 cm³/mol. The largest absolute Gasteiger partial charge is 0.497 e. The minimum atomic E-state index is -0.501. The van der Waals surface area contributed by atoms with Crippen molar-refractivity contribution in [2.24, 2.45) is 0 Å². The van der Waals surface area contributed by atoms with Gasteiger partial charge in [0, 0.05) is 17.4 Å². The van der Waals surface area contributed by atoms with E-state index in [1.54, 1.807) is 56.5 Å². The highest BCUT2D eigenvalue weighted by Gasteiger charge is 2.16. The molecule has 0 fully saturated rings. The van der Waals surface area contributed by atoms with Crippen LogP contribution in [0.1, 0.15) is 23.3 Å². The summed E-state index contributed by atoms with van der Waals surface area (Å²) in [6, 6.07) is 11.3. The molecule has 0 saturated heterocycles. The quantitative estimate of drug-likeness (QED) is 0.637. The van der Waals surface area contributed by atoms with E-state index in [4.69, 9.17) is 9.47 Å². The number of nitrogens with zero attached hydrogens (tertiary/aromatic N) is 3. The van der Waals surface area contributed by atoms with Crippen LogP contribution in [0.15, 0.2) is 55.1 Å². The molecule has 0 radical (unpaired) electrons. The number of carbonyl (C=O) groups is 2. The van der Waals surface area contributed by atoms with Gasteiger partial charge in [-0.15, -0.1) is 0 Å². The molecule has 0 aliphatic rings. The van der Waals surface area contributed by atoms with Gasteiger partial charge in [-0.25, -0.2) is 9.67 Å². The first-order valence-electron chi connectivity index (χ1n) is 8.80. The molecule has 0 spiro atoms. The van der Waals surface area contributed by atoms with E-state index in [2.05, 4.69) is 20.7 Å². The van der Waals surface area contributed by atoms with Gasteiger partial charge in [-0.2, -0.15) is 5.10 Å². The second kappa shape index (κ2) is 8.87. The molecule has 29 heavy (non-hydrogen) atoms. The average Bonchev–Trinajstić information content (AvgIpc) is 3.28. The number of anilines is 2. The van der Waals surface area contributed by atoms with Gasteiger partial charge in [0.05, 0.1) is 19.8 Å². The van der Waals surface area contributed by atoms with Crippen molar-refractivity contribution in [3.8, 4) is 11.5 Å². The maximum atomic E-state index is 12.6. The molecule has 0 saturated carbocycles. The van der Waals surface area contributed by atoms with Crippen LogP contribution >= 0.6 is 0 Å². The Hall–Kier alpha value is -3.88. The third kappa shape index (κ3) is 4.70. The molecule has 0 aliphatic heterocycles.